The van der Waals surface area contributed by atoms with Gasteiger partial charge in [0, 0.05) is 29.6 Å². The monoisotopic (exact) mass is 234 g/mol. The summed E-state index contributed by atoms with van der Waals surface area (Å²) in [6, 6.07) is 0. The fourth-order valence-electron chi connectivity index (χ4n) is 0.853. The number of hydrogen-bond donors (Lipinski definition) is 0. The third kappa shape index (κ3) is 12.4. The molecule has 0 saturated heterocycles. The van der Waals surface area contributed by atoms with Crippen LogP contribution in [0.1, 0.15) is 19.8 Å². The SMILES string of the molecule is C=CCSCCSCCOCCCC. The van der Waals surface area contributed by atoms with Crippen molar-refractivity contribution < 1.29 is 4.74 Å². The van der Waals surface area contributed by atoms with Gasteiger partial charge >= 0.3 is 0 Å². The molecule has 0 atom stereocenters. The van der Waals surface area contributed by atoms with Gasteiger partial charge in [-0.25, -0.2) is 0 Å². The largest absolute Gasteiger partial charge is 0.381 e. The average Bonchev–Trinajstić information content (AvgIpc) is 2.21. The first-order valence-corrected chi connectivity index (χ1v) is 7.57. The Labute approximate surface area is 97.1 Å². The summed E-state index contributed by atoms with van der Waals surface area (Å²) in [5.74, 6) is 4.67. The maximum absolute atomic E-state index is 5.46. The molecule has 0 bridgehead atoms. The molecule has 0 aliphatic heterocycles. The van der Waals surface area contributed by atoms with Crippen LogP contribution < -0.4 is 0 Å². The van der Waals surface area contributed by atoms with Crippen LogP contribution >= 0.6 is 23.5 Å². The summed E-state index contributed by atoms with van der Waals surface area (Å²) in [5.41, 5.74) is 0. The molecule has 0 fully saturated rings. The lowest BCUT2D eigenvalue weighted by atomic mass is 10.4. The molecule has 84 valence electrons. The van der Waals surface area contributed by atoms with Crippen LogP contribution in [0.2, 0.25) is 0 Å². The molecule has 0 unspecified atom stereocenters. The lowest BCUT2D eigenvalue weighted by molar-refractivity contribution is 0.147. The Morgan fingerprint density at radius 3 is 2.64 bits per heavy atom. The van der Waals surface area contributed by atoms with Crippen molar-refractivity contribution in [2.45, 2.75) is 19.8 Å². The van der Waals surface area contributed by atoms with E-state index in [4.69, 9.17) is 4.74 Å². The molecule has 0 aromatic rings. The fourth-order valence-corrected chi connectivity index (χ4v) is 2.57. The van der Waals surface area contributed by atoms with Gasteiger partial charge in [0.05, 0.1) is 6.61 Å². The van der Waals surface area contributed by atoms with Crippen molar-refractivity contribution in [1.82, 2.24) is 0 Å². The molecule has 0 rings (SSSR count). The van der Waals surface area contributed by atoms with Gasteiger partial charge in [0.15, 0.2) is 0 Å². The highest BCUT2D eigenvalue weighted by atomic mass is 32.2. The van der Waals surface area contributed by atoms with E-state index in [9.17, 15) is 0 Å². The van der Waals surface area contributed by atoms with E-state index < -0.39 is 0 Å². The quantitative estimate of drug-likeness (QED) is 0.400. The second-order valence-corrected chi connectivity index (χ2v) is 5.32. The van der Waals surface area contributed by atoms with Gasteiger partial charge in [0.2, 0.25) is 0 Å². The van der Waals surface area contributed by atoms with Crippen molar-refractivity contribution in [3.8, 4) is 0 Å². The highest BCUT2D eigenvalue weighted by Crippen LogP contribution is 2.06. The molecule has 0 saturated carbocycles. The maximum atomic E-state index is 5.46. The molecule has 0 aromatic carbocycles. The van der Waals surface area contributed by atoms with Crippen LogP contribution in [-0.2, 0) is 4.74 Å². The lowest BCUT2D eigenvalue weighted by Gasteiger charge is -2.02. The molecule has 0 spiro atoms. The summed E-state index contributed by atoms with van der Waals surface area (Å²) in [6.07, 6.45) is 4.38. The van der Waals surface area contributed by atoms with Crippen molar-refractivity contribution in [2.75, 3.05) is 36.2 Å². The zero-order valence-electron chi connectivity index (χ0n) is 9.17. The van der Waals surface area contributed by atoms with Gasteiger partial charge in [-0.15, -0.1) is 6.58 Å². The van der Waals surface area contributed by atoms with E-state index in [-0.39, 0.29) is 0 Å². The van der Waals surface area contributed by atoms with Gasteiger partial charge in [-0.05, 0) is 6.42 Å². The lowest BCUT2D eigenvalue weighted by Crippen LogP contribution is -2.00. The van der Waals surface area contributed by atoms with Gasteiger partial charge in [-0.3, -0.25) is 0 Å². The first kappa shape index (κ1) is 14.4. The van der Waals surface area contributed by atoms with Crippen molar-refractivity contribution in [3.63, 3.8) is 0 Å². The maximum Gasteiger partial charge on any atom is 0.0556 e. The predicted octanol–water partition coefficient (Wildman–Crippen LogP) is 3.46. The first-order valence-electron chi connectivity index (χ1n) is 5.26. The van der Waals surface area contributed by atoms with Crippen molar-refractivity contribution >= 4 is 23.5 Å². The van der Waals surface area contributed by atoms with Crippen LogP contribution in [0.5, 0.6) is 0 Å². The Kier molecular flexibility index (Phi) is 13.8. The molecule has 3 heteroatoms. The second-order valence-electron chi connectivity index (χ2n) is 2.94. The minimum atomic E-state index is 0.913. The Morgan fingerprint density at radius 1 is 1.14 bits per heavy atom. The van der Waals surface area contributed by atoms with E-state index in [2.05, 4.69) is 13.5 Å². The normalized spacial score (nSPS) is 10.4. The summed E-state index contributed by atoms with van der Waals surface area (Å²) in [5, 5.41) is 0. The van der Waals surface area contributed by atoms with Gasteiger partial charge < -0.3 is 4.74 Å². The van der Waals surface area contributed by atoms with Gasteiger partial charge in [-0.2, -0.15) is 23.5 Å². The van der Waals surface area contributed by atoms with Crippen LogP contribution in [0.4, 0.5) is 0 Å². The standard InChI is InChI=1S/C11H22OS2/c1-3-5-6-12-7-9-14-11-10-13-8-4-2/h4H,2-3,5-11H2,1H3. The van der Waals surface area contributed by atoms with E-state index in [0.717, 1.165) is 24.7 Å². The van der Waals surface area contributed by atoms with Crippen LogP contribution in [0.15, 0.2) is 12.7 Å². The van der Waals surface area contributed by atoms with E-state index in [1.165, 1.54) is 24.3 Å². The first-order chi connectivity index (χ1) is 6.91. The summed E-state index contributed by atoms with van der Waals surface area (Å²) in [4.78, 5) is 0. The molecule has 1 nitrogen and oxygen atoms in total. The Morgan fingerprint density at radius 2 is 1.93 bits per heavy atom. The Bertz CT molecular complexity index is 118. The third-order valence-electron chi connectivity index (χ3n) is 1.62. The molecule has 0 aromatic heterocycles. The van der Waals surface area contributed by atoms with Crippen molar-refractivity contribution in [2.24, 2.45) is 0 Å². The van der Waals surface area contributed by atoms with Gasteiger partial charge in [0.25, 0.3) is 0 Å². The molecule has 0 heterocycles. The molecule has 0 aliphatic rings. The van der Waals surface area contributed by atoms with Crippen molar-refractivity contribution in [3.05, 3.63) is 12.7 Å². The zero-order chi connectivity index (χ0) is 10.5. The summed E-state index contributed by atoms with van der Waals surface area (Å²) < 4.78 is 5.46. The van der Waals surface area contributed by atoms with E-state index in [1.807, 2.05) is 29.6 Å². The zero-order valence-corrected chi connectivity index (χ0v) is 10.8. The molecule has 0 amide bonds. The molecule has 14 heavy (non-hydrogen) atoms. The summed E-state index contributed by atoms with van der Waals surface area (Å²) >= 11 is 3.93. The van der Waals surface area contributed by atoms with Crippen molar-refractivity contribution in [1.29, 1.82) is 0 Å². The highest BCUT2D eigenvalue weighted by Gasteiger charge is 1.90. The van der Waals surface area contributed by atoms with Crippen LogP contribution in [-0.4, -0.2) is 36.2 Å². The summed E-state index contributed by atoms with van der Waals surface area (Å²) in [6.45, 7) is 7.72. The summed E-state index contributed by atoms with van der Waals surface area (Å²) in [7, 11) is 0. The van der Waals surface area contributed by atoms with Crippen LogP contribution in [0.25, 0.3) is 0 Å². The molecule has 0 aliphatic carbocycles. The topological polar surface area (TPSA) is 9.23 Å². The number of rotatable bonds is 11. The van der Waals surface area contributed by atoms with Crippen LogP contribution in [0, 0.1) is 0 Å². The van der Waals surface area contributed by atoms with E-state index >= 15 is 0 Å². The predicted molar refractivity (Wildman–Crippen MR) is 70.6 cm³/mol. The number of hydrogen-bond acceptors (Lipinski definition) is 3. The number of thioether (sulfide) groups is 2. The minimum absolute atomic E-state index is 0.913. The second kappa shape index (κ2) is 13.4. The van der Waals surface area contributed by atoms with Crippen LogP contribution in [0.3, 0.4) is 0 Å². The van der Waals surface area contributed by atoms with Gasteiger partial charge in [0.1, 0.15) is 0 Å². The molecular weight excluding hydrogens is 212 g/mol. The average molecular weight is 234 g/mol. The minimum Gasteiger partial charge on any atom is -0.381 e. The number of ether oxygens (including phenoxy) is 1. The highest BCUT2D eigenvalue weighted by molar-refractivity contribution is 8.03. The fraction of sp³-hybridized carbons (Fsp3) is 0.818. The Hall–Kier alpha value is 0.400. The molecule has 0 N–H and O–H groups in total. The third-order valence-corrected chi connectivity index (χ3v) is 3.79. The van der Waals surface area contributed by atoms with E-state index in [1.54, 1.807) is 0 Å². The smallest absolute Gasteiger partial charge is 0.0556 e. The molecule has 0 radical (unpaired) electrons. The van der Waals surface area contributed by atoms with E-state index in [0.29, 0.717) is 0 Å². The number of unbranched alkanes of at least 4 members (excludes halogenated alkanes) is 1. The Balaban J connectivity index is 2.81. The van der Waals surface area contributed by atoms with Gasteiger partial charge in [-0.1, -0.05) is 19.4 Å². The molecular formula is C11H22OS2.